The van der Waals surface area contributed by atoms with E-state index in [0.29, 0.717) is 4.55 Å². The van der Waals surface area contributed by atoms with Gasteiger partial charge in [0.1, 0.15) is 5.60 Å². The van der Waals surface area contributed by atoms with E-state index < -0.39 is 17.8 Å². The molecule has 1 amide bonds. The third kappa shape index (κ3) is 6.91. The molecule has 0 aliphatic carbocycles. The monoisotopic (exact) mass is 331 g/mol. The van der Waals surface area contributed by atoms with Gasteiger partial charge in [-0.15, -0.1) is 0 Å². The smallest absolute Gasteiger partial charge is 0.411 e. The van der Waals surface area contributed by atoms with Gasteiger partial charge in [0.25, 0.3) is 0 Å². The van der Waals surface area contributed by atoms with Crippen molar-refractivity contribution in [1.29, 1.82) is 0 Å². The lowest BCUT2D eigenvalue weighted by Crippen LogP contribution is -2.41. The topological polar surface area (TPSA) is 70.0 Å². The highest BCUT2D eigenvalue weighted by atomic mass is 127. The molecule has 15 heavy (non-hydrogen) atoms. The first-order chi connectivity index (χ1) is 6.80. The lowest BCUT2D eigenvalue weighted by atomic mass is 10.2. The van der Waals surface area contributed by atoms with Crippen molar-refractivity contribution in [3.63, 3.8) is 0 Å². The molecule has 0 saturated heterocycles. The number of hydrogen-bond donors (Lipinski definition) is 2. The van der Waals surface area contributed by atoms with Gasteiger partial charge < -0.3 is 14.9 Å². The Kier molecular flexibility index (Phi) is 6.46. The molecule has 2 N–H and O–H groups in total. The maximum absolute atomic E-state index is 11.5. The summed E-state index contributed by atoms with van der Waals surface area (Å²) in [4.78, 5) is 12.9. The van der Waals surface area contributed by atoms with Crippen LogP contribution in [0.25, 0.3) is 0 Å². The van der Waals surface area contributed by atoms with Gasteiger partial charge >= 0.3 is 6.09 Å². The predicted molar refractivity (Wildman–Crippen MR) is 64.9 cm³/mol. The molecule has 0 aliphatic heterocycles. The van der Waals surface area contributed by atoms with E-state index in [2.05, 4.69) is 0 Å². The molecule has 0 heterocycles. The number of alkyl halides is 1. The Morgan fingerprint density at radius 3 is 2.40 bits per heavy atom. The van der Waals surface area contributed by atoms with E-state index in [0.717, 1.165) is 0 Å². The molecule has 0 aromatic rings. The van der Waals surface area contributed by atoms with Crippen molar-refractivity contribution in [3.8, 4) is 0 Å². The second-order valence-corrected chi connectivity index (χ2v) is 4.84. The standard InChI is InChI=1S/C9H18INO4/c1-9(2,3)15-8(14)11(6-10)4-7(13)5-12/h7,12-13H,4-6H2,1-3H3. The zero-order chi connectivity index (χ0) is 12.1. The third-order valence-corrected chi connectivity index (χ3v) is 2.26. The number of halogens is 1. The highest BCUT2D eigenvalue weighted by Crippen LogP contribution is 2.11. The van der Waals surface area contributed by atoms with Gasteiger partial charge in [-0.3, -0.25) is 4.90 Å². The van der Waals surface area contributed by atoms with Crippen LogP contribution >= 0.6 is 22.6 Å². The summed E-state index contributed by atoms with van der Waals surface area (Å²) in [5.74, 6) is 0. The van der Waals surface area contributed by atoms with Crippen molar-refractivity contribution in [3.05, 3.63) is 0 Å². The Morgan fingerprint density at radius 1 is 1.53 bits per heavy atom. The molecule has 0 bridgehead atoms. The van der Waals surface area contributed by atoms with Gasteiger partial charge in [-0.1, -0.05) is 22.6 Å². The maximum atomic E-state index is 11.5. The largest absolute Gasteiger partial charge is 0.444 e. The van der Waals surface area contributed by atoms with E-state index in [4.69, 9.17) is 9.84 Å². The van der Waals surface area contributed by atoms with Gasteiger partial charge in [0.05, 0.1) is 23.8 Å². The summed E-state index contributed by atoms with van der Waals surface area (Å²) in [5, 5.41) is 17.9. The van der Waals surface area contributed by atoms with Crippen LogP contribution in [0, 0.1) is 0 Å². The van der Waals surface area contributed by atoms with Crippen LogP contribution in [0.4, 0.5) is 4.79 Å². The van der Waals surface area contributed by atoms with Crippen molar-refractivity contribution < 1.29 is 19.7 Å². The molecule has 0 saturated carbocycles. The Bertz CT molecular complexity index is 205. The first-order valence-electron chi connectivity index (χ1n) is 4.63. The average molecular weight is 331 g/mol. The molecule has 0 rings (SSSR count). The second kappa shape index (κ2) is 6.49. The summed E-state index contributed by atoms with van der Waals surface area (Å²) in [6, 6.07) is 0. The minimum atomic E-state index is -0.924. The molecule has 0 aromatic carbocycles. The van der Waals surface area contributed by atoms with Gasteiger partial charge in [0, 0.05) is 0 Å². The summed E-state index contributed by atoms with van der Waals surface area (Å²) >= 11 is 2.00. The van der Waals surface area contributed by atoms with E-state index in [1.54, 1.807) is 20.8 Å². The van der Waals surface area contributed by atoms with Gasteiger partial charge in [-0.25, -0.2) is 4.79 Å². The summed E-state index contributed by atoms with van der Waals surface area (Å²) in [7, 11) is 0. The fraction of sp³-hybridized carbons (Fsp3) is 0.889. The summed E-state index contributed by atoms with van der Waals surface area (Å²) in [6.07, 6.45) is -1.41. The van der Waals surface area contributed by atoms with Crippen molar-refractivity contribution in [2.24, 2.45) is 0 Å². The van der Waals surface area contributed by atoms with Crippen LogP contribution in [-0.2, 0) is 4.74 Å². The first-order valence-corrected chi connectivity index (χ1v) is 6.15. The summed E-state index contributed by atoms with van der Waals surface area (Å²) in [5.41, 5.74) is -0.550. The minimum absolute atomic E-state index is 0.0777. The van der Waals surface area contributed by atoms with Gasteiger partial charge in [-0.2, -0.15) is 0 Å². The lowest BCUT2D eigenvalue weighted by molar-refractivity contribution is 0.0130. The van der Waals surface area contributed by atoms with Crippen molar-refractivity contribution in [2.75, 3.05) is 17.7 Å². The number of aliphatic hydroxyl groups excluding tert-OH is 2. The SMILES string of the molecule is CC(C)(C)OC(=O)N(CI)CC(O)CO. The number of carbonyl (C=O) groups is 1. The van der Waals surface area contributed by atoms with Crippen molar-refractivity contribution in [1.82, 2.24) is 4.90 Å². The van der Waals surface area contributed by atoms with Crippen LogP contribution in [0.3, 0.4) is 0 Å². The predicted octanol–water partition coefficient (Wildman–Crippen LogP) is 0.969. The average Bonchev–Trinajstić information content (AvgIpc) is 2.10. The molecular weight excluding hydrogens is 313 g/mol. The Hall–Kier alpha value is -0.0800. The first kappa shape index (κ1) is 14.9. The fourth-order valence-corrected chi connectivity index (χ4v) is 1.37. The van der Waals surface area contributed by atoms with Crippen LogP contribution in [-0.4, -0.2) is 50.6 Å². The number of carbonyl (C=O) groups excluding carboxylic acids is 1. The van der Waals surface area contributed by atoms with Crippen LogP contribution < -0.4 is 0 Å². The zero-order valence-electron chi connectivity index (χ0n) is 9.23. The molecule has 0 fully saturated rings. The van der Waals surface area contributed by atoms with E-state index in [1.807, 2.05) is 22.6 Å². The molecule has 1 atom stereocenters. The second-order valence-electron chi connectivity index (χ2n) is 4.16. The van der Waals surface area contributed by atoms with Gasteiger partial charge in [0.2, 0.25) is 0 Å². The maximum Gasteiger partial charge on any atom is 0.411 e. The normalized spacial score (nSPS) is 13.5. The van der Waals surface area contributed by atoms with Crippen molar-refractivity contribution >= 4 is 28.7 Å². The van der Waals surface area contributed by atoms with E-state index in [-0.39, 0.29) is 13.2 Å². The zero-order valence-corrected chi connectivity index (χ0v) is 11.4. The molecule has 5 nitrogen and oxygen atoms in total. The van der Waals surface area contributed by atoms with Gasteiger partial charge in [-0.05, 0) is 20.8 Å². The summed E-state index contributed by atoms with van der Waals surface area (Å²) in [6.45, 7) is 5.04. The molecule has 0 radical (unpaired) electrons. The van der Waals surface area contributed by atoms with Crippen molar-refractivity contribution in [2.45, 2.75) is 32.5 Å². The molecule has 0 aliphatic rings. The highest BCUT2D eigenvalue weighted by Gasteiger charge is 2.22. The Morgan fingerprint density at radius 2 is 2.07 bits per heavy atom. The number of amides is 1. The molecule has 6 heteroatoms. The highest BCUT2D eigenvalue weighted by molar-refractivity contribution is 14.1. The number of nitrogens with zero attached hydrogens (tertiary/aromatic N) is 1. The number of aliphatic hydroxyl groups is 2. The third-order valence-electron chi connectivity index (χ3n) is 1.44. The van der Waals surface area contributed by atoms with E-state index >= 15 is 0 Å². The van der Waals surface area contributed by atoms with Crippen LogP contribution in [0.2, 0.25) is 0 Å². The molecule has 1 unspecified atom stereocenters. The Balaban J connectivity index is 4.23. The van der Waals surface area contributed by atoms with Gasteiger partial charge in [0.15, 0.2) is 0 Å². The number of hydrogen-bond acceptors (Lipinski definition) is 4. The molecular formula is C9H18INO4. The Labute approximate surface area is 104 Å². The van der Waals surface area contributed by atoms with Crippen LogP contribution in [0.1, 0.15) is 20.8 Å². The minimum Gasteiger partial charge on any atom is -0.444 e. The lowest BCUT2D eigenvalue weighted by Gasteiger charge is -2.27. The quantitative estimate of drug-likeness (QED) is 0.458. The fourth-order valence-electron chi connectivity index (χ4n) is 0.811. The molecule has 90 valence electrons. The summed E-state index contributed by atoms with van der Waals surface area (Å²) < 4.78 is 5.53. The van der Waals surface area contributed by atoms with Crippen LogP contribution in [0.5, 0.6) is 0 Å². The molecule has 0 aromatic heterocycles. The van der Waals surface area contributed by atoms with E-state index in [9.17, 15) is 9.90 Å². The van der Waals surface area contributed by atoms with Crippen LogP contribution in [0.15, 0.2) is 0 Å². The number of rotatable bonds is 4. The number of ether oxygens (including phenoxy) is 1. The molecule has 0 spiro atoms. The van der Waals surface area contributed by atoms with E-state index in [1.165, 1.54) is 4.90 Å².